The van der Waals surface area contributed by atoms with Crippen LogP contribution in [0.25, 0.3) is 0 Å². The Balaban J connectivity index is 5.17. The summed E-state index contributed by atoms with van der Waals surface area (Å²) in [6.07, 6.45) is 0.378. The lowest BCUT2D eigenvalue weighted by molar-refractivity contribution is -0.144. The van der Waals surface area contributed by atoms with Gasteiger partial charge in [-0.2, -0.15) is 0 Å². The van der Waals surface area contributed by atoms with Gasteiger partial charge in [-0.3, -0.25) is 19.2 Å². The molecule has 4 amide bonds. The second-order valence-corrected chi connectivity index (χ2v) is 7.91. The minimum absolute atomic E-state index is 0.205. The molecule has 0 bridgehead atoms. The van der Waals surface area contributed by atoms with E-state index in [0.717, 1.165) is 0 Å². The minimum Gasteiger partial charge on any atom is -0.480 e. The summed E-state index contributed by atoms with van der Waals surface area (Å²) in [6.45, 7) is 8.79. The maximum Gasteiger partial charge on any atom is 0.326 e. The van der Waals surface area contributed by atoms with E-state index < -0.39 is 60.2 Å². The summed E-state index contributed by atoms with van der Waals surface area (Å²) in [7, 11) is 0. The molecule has 0 aromatic heterocycles. The number of carbonyl (C=O) groups is 5. The number of hydrogen-bond donors (Lipinski definition) is 6. The van der Waals surface area contributed by atoms with Gasteiger partial charge in [-0.05, 0) is 25.2 Å². The zero-order valence-corrected chi connectivity index (χ0v) is 18.2. The van der Waals surface area contributed by atoms with Crippen molar-refractivity contribution in [3.05, 3.63) is 0 Å². The van der Waals surface area contributed by atoms with Crippen molar-refractivity contribution in [1.29, 1.82) is 0 Å². The molecule has 11 heteroatoms. The highest BCUT2D eigenvalue weighted by Crippen LogP contribution is 2.10. The molecule has 0 saturated carbocycles. The SMILES string of the molecule is CCC(C)C(NC(=O)C(C)NC(=O)C(N)CC(C)C)C(=O)NC(CC(N)=O)C(=O)O. The van der Waals surface area contributed by atoms with E-state index in [-0.39, 0.29) is 11.8 Å². The molecule has 5 unspecified atom stereocenters. The highest BCUT2D eigenvalue weighted by molar-refractivity contribution is 5.94. The standard InChI is InChI=1S/C19H35N5O6/c1-6-10(4)15(18(28)23-13(19(29)30)8-14(21)25)24-16(26)11(5)22-17(27)12(20)7-9(2)3/h9-13,15H,6-8,20H2,1-5H3,(H2,21,25)(H,22,27)(H,23,28)(H,24,26)(H,29,30). The van der Waals surface area contributed by atoms with Crippen LogP contribution in [0, 0.1) is 11.8 Å². The van der Waals surface area contributed by atoms with Crippen LogP contribution in [-0.2, 0) is 24.0 Å². The summed E-state index contributed by atoms with van der Waals surface area (Å²) in [5.74, 6) is -4.32. The maximum absolute atomic E-state index is 12.6. The number of hydrogen-bond acceptors (Lipinski definition) is 6. The number of aliphatic carboxylic acids is 1. The Morgan fingerprint density at radius 1 is 0.900 bits per heavy atom. The molecule has 11 nitrogen and oxygen atoms in total. The second-order valence-electron chi connectivity index (χ2n) is 7.91. The van der Waals surface area contributed by atoms with E-state index in [9.17, 15) is 24.0 Å². The number of primary amides is 1. The Hall–Kier alpha value is -2.69. The zero-order chi connectivity index (χ0) is 23.6. The quantitative estimate of drug-likeness (QED) is 0.212. The fourth-order valence-electron chi connectivity index (χ4n) is 2.64. The average Bonchev–Trinajstić information content (AvgIpc) is 2.63. The molecule has 0 aliphatic rings. The van der Waals surface area contributed by atoms with Crippen molar-refractivity contribution in [2.45, 2.75) is 78.0 Å². The summed E-state index contributed by atoms with van der Waals surface area (Å²) >= 11 is 0. The van der Waals surface area contributed by atoms with Crippen molar-refractivity contribution < 1.29 is 29.1 Å². The molecular weight excluding hydrogens is 394 g/mol. The number of carbonyl (C=O) groups excluding carboxylic acids is 4. The minimum atomic E-state index is -1.51. The Kier molecular flexibility index (Phi) is 11.6. The first kappa shape index (κ1) is 27.3. The summed E-state index contributed by atoms with van der Waals surface area (Å²) in [5, 5.41) is 16.4. The van der Waals surface area contributed by atoms with E-state index in [1.807, 2.05) is 13.8 Å². The van der Waals surface area contributed by atoms with Gasteiger partial charge in [-0.1, -0.05) is 34.1 Å². The van der Waals surface area contributed by atoms with Crippen molar-refractivity contribution in [3.8, 4) is 0 Å². The lowest BCUT2D eigenvalue weighted by Gasteiger charge is -2.27. The van der Waals surface area contributed by atoms with Gasteiger partial charge in [0, 0.05) is 0 Å². The van der Waals surface area contributed by atoms with E-state index in [1.165, 1.54) is 6.92 Å². The number of carboxylic acid groups (broad SMARTS) is 1. The molecule has 30 heavy (non-hydrogen) atoms. The molecule has 0 fully saturated rings. The summed E-state index contributed by atoms with van der Waals surface area (Å²) in [6, 6.07) is -4.31. The predicted octanol–water partition coefficient (Wildman–Crippen LogP) is -1.16. The van der Waals surface area contributed by atoms with Gasteiger partial charge in [0.2, 0.25) is 23.6 Å². The normalized spacial score (nSPS) is 16.0. The van der Waals surface area contributed by atoms with Crippen molar-refractivity contribution in [1.82, 2.24) is 16.0 Å². The van der Waals surface area contributed by atoms with Gasteiger partial charge < -0.3 is 32.5 Å². The van der Waals surface area contributed by atoms with Crippen LogP contribution in [0.15, 0.2) is 0 Å². The average molecular weight is 430 g/mol. The predicted molar refractivity (Wildman–Crippen MR) is 110 cm³/mol. The third-order valence-corrected chi connectivity index (χ3v) is 4.63. The van der Waals surface area contributed by atoms with Crippen LogP contribution >= 0.6 is 0 Å². The smallest absolute Gasteiger partial charge is 0.326 e. The maximum atomic E-state index is 12.6. The molecule has 5 atom stereocenters. The van der Waals surface area contributed by atoms with Gasteiger partial charge in [-0.15, -0.1) is 0 Å². The molecule has 0 aliphatic carbocycles. The molecule has 8 N–H and O–H groups in total. The van der Waals surface area contributed by atoms with Crippen molar-refractivity contribution in [3.63, 3.8) is 0 Å². The van der Waals surface area contributed by atoms with E-state index >= 15 is 0 Å². The van der Waals surface area contributed by atoms with Gasteiger partial charge >= 0.3 is 5.97 Å². The van der Waals surface area contributed by atoms with E-state index in [1.54, 1.807) is 13.8 Å². The topological polar surface area (TPSA) is 194 Å². The Bertz CT molecular complexity index is 639. The number of nitrogens with two attached hydrogens (primary N) is 2. The molecule has 0 radical (unpaired) electrons. The number of rotatable bonds is 13. The van der Waals surface area contributed by atoms with Crippen molar-refractivity contribution >= 4 is 29.6 Å². The van der Waals surface area contributed by atoms with E-state index in [2.05, 4.69) is 16.0 Å². The molecule has 0 heterocycles. The van der Waals surface area contributed by atoms with Crippen LogP contribution < -0.4 is 27.4 Å². The van der Waals surface area contributed by atoms with Gasteiger partial charge in [0.25, 0.3) is 0 Å². The van der Waals surface area contributed by atoms with Crippen LogP contribution in [0.3, 0.4) is 0 Å². The van der Waals surface area contributed by atoms with Crippen molar-refractivity contribution in [2.24, 2.45) is 23.3 Å². The third kappa shape index (κ3) is 9.68. The first-order chi connectivity index (χ1) is 13.8. The molecule has 172 valence electrons. The summed E-state index contributed by atoms with van der Waals surface area (Å²) < 4.78 is 0. The highest BCUT2D eigenvalue weighted by Gasteiger charge is 2.32. The second kappa shape index (κ2) is 12.8. The number of nitrogens with one attached hydrogen (secondary N) is 3. The molecular formula is C19H35N5O6. The largest absolute Gasteiger partial charge is 0.480 e. The van der Waals surface area contributed by atoms with Crippen LogP contribution in [0.4, 0.5) is 0 Å². The summed E-state index contributed by atoms with van der Waals surface area (Å²) in [4.78, 5) is 59.5. The fraction of sp³-hybridized carbons (Fsp3) is 0.737. The highest BCUT2D eigenvalue weighted by atomic mass is 16.4. The molecule has 0 saturated heterocycles. The molecule has 0 aromatic rings. The summed E-state index contributed by atoms with van der Waals surface area (Å²) in [5.41, 5.74) is 10.8. The van der Waals surface area contributed by atoms with E-state index in [0.29, 0.717) is 12.8 Å². The fourth-order valence-corrected chi connectivity index (χ4v) is 2.64. The van der Waals surface area contributed by atoms with E-state index in [4.69, 9.17) is 16.6 Å². The van der Waals surface area contributed by atoms with Gasteiger partial charge in [0.15, 0.2) is 0 Å². The zero-order valence-electron chi connectivity index (χ0n) is 18.2. The molecule has 0 spiro atoms. The first-order valence-corrected chi connectivity index (χ1v) is 9.97. The van der Waals surface area contributed by atoms with Crippen LogP contribution in [0.2, 0.25) is 0 Å². The van der Waals surface area contributed by atoms with Crippen LogP contribution in [0.1, 0.15) is 53.9 Å². The van der Waals surface area contributed by atoms with Gasteiger partial charge in [-0.25, -0.2) is 4.79 Å². The number of amides is 4. The Morgan fingerprint density at radius 2 is 1.47 bits per heavy atom. The van der Waals surface area contributed by atoms with Crippen LogP contribution in [0.5, 0.6) is 0 Å². The molecule has 0 aliphatic heterocycles. The third-order valence-electron chi connectivity index (χ3n) is 4.63. The Morgan fingerprint density at radius 3 is 1.90 bits per heavy atom. The Labute approximate surface area is 176 Å². The molecule has 0 rings (SSSR count). The van der Waals surface area contributed by atoms with Crippen LogP contribution in [-0.4, -0.2) is 58.9 Å². The molecule has 0 aromatic carbocycles. The lowest BCUT2D eigenvalue weighted by Crippen LogP contribution is -2.58. The van der Waals surface area contributed by atoms with Gasteiger partial charge in [0.05, 0.1) is 12.5 Å². The van der Waals surface area contributed by atoms with Gasteiger partial charge in [0.1, 0.15) is 18.1 Å². The monoisotopic (exact) mass is 429 g/mol. The van der Waals surface area contributed by atoms with Crippen molar-refractivity contribution in [2.75, 3.05) is 0 Å². The number of carboxylic acids is 1. The lowest BCUT2D eigenvalue weighted by atomic mass is 9.97. The first-order valence-electron chi connectivity index (χ1n) is 9.97.